The van der Waals surface area contributed by atoms with Gasteiger partial charge in [-0.2, -0.15) is 0 Å². The highest BCUT2D eigenvalue weighted by molar-refractivity contribution is 7.74. The van der Waals surface area contributed by atoms with E-state index in [4.69, 9.17) is 4.18 Å². The van der Waals surface area contributed by atoms with Crippen LogP contribution in [0.2, 0.25) is 0 Å². The number of hydrogen-bond acceptors (Lipinski definition) is 3. The molecular formula is C18H23O3S-. The Morgan fingerprint density at radius 2 is 1.68 bits per heavy atom. The van der Waals surface area contributed by atoms with E-state index in [1.807, 2.05) is 12.1 Å². The summed E-state index contributed by atoms with van der Waals surface area (Å²) in [5.74, 6) is 0.408. The lowest BCUT2D eigenvalue weighted by atomic mass is 9.94. The van der Waals surface area contributed by atoms with Crippen LogP contribution < -0.4 is 4.18 Å². The predicted molar refractivity (Wildman–Crippen MR) is 90.7 cm³/mol. The number of unbranched alkanes of at least 4 members (excludes halogenated alkanes) is 2. The smallest absolute Gasteiger partial charge is 0.147 e. The summed E-state index contributed by atoms with van der Waals surface area (Å²) in [4.78, 5) is 0. The third-order valence-corrected chi connectivity index (χ3v) is 4.23. The lowest BCUT2D eigenvalue weighted by Gasteiger charge is -2.14. The van der Waals surface area contributed by atoms with E-state index >= 15 is 0 Å². The molecule has 0 radical (unpaired) electrons. The van der Waals surface area contributed by atoms with Crippen LogP contribution in [0.5, 0.6) is 5.75 Å². The summed E-state index contributed by atoms with van der Waals surface area (Å²) in [7, 11) is 0. The Morgan fingerprint density at radius 3 is 2.27 bits per heavy atom. The SMILES string of the molecule is CCCCc1cc2cccc(OS(=O)[O-])c2cc1CCCC. The normalized spacial score (nSPS) is 12.5. The van der Waals surface area contributed by atoms with Crippen molar-refractivity contribution in [3.63, 3.8) is 0 Å². The van der Waals surface area contributed by atoms with E-state index in [1.165, 1.54) is 24.0 Å². The van der Waals surface area contributed by atoms with E-state index in [9.17, 15) is 8.76 Å². The third kappa shape index (κ3) is 4.31. The summed E-state index contributed by atoms with van der Waals surface area (Å²) < 4.78 is 26.6. The molecule has 22 heavy (non-hydrogen) atoms. The molecule has 0 saturated carbocycles. The monoisotopic (exact) mass is 319 g/mol. The molecule has 0 aliphatic carbocycles. The first-order chi connectivity index (χ1) is 10.7. The van der Waals surface area contributed by atoms with Gasteiger partial charge >= 0.3 is 0 Å². The molecule has 0 saturated heterocycles. The van der Waals surface area contributed by atoms with Crippen LogP contribution in [0.4, 0.5) is 0 Å². The fourth-order valence-electron chi connectivity index (χ4n) is 2.73. The molecule has 4 heteroatoms. The molecule has 2 aromatic rings. The maximum Gasteiger partial charge on any atom is 0.147 e. The zero-order valence-corrected chi connectivity index (χ0v) is 14.1. The van der Waals surface area contributed by atoms with Crippen molar-refractivity contribution in [2.45, 2.75) is 52.4 Å². The Labute approximate surface area is 135 Å². The highest BCUT2D eigenvalue weighted by atomic mass is 32.2. The van der Waals surface area contributed by atoms with Crippen molar-refractivity contribution in [2.75, 3.05) is 0 Å². The van der Waals surface area contributed by atoms with Crippen LogP contribution in [0.3, 0.4) is 0 Å². The van der Waals surface area contributed by atoms with Gasteiger partial charge in [-0.05, 0) is 54.3 Å². The molecule has 3 nitrogen and oxygen atoms in total. The topological polar surface area (TPSA) is 49.4 Å². The Morgan fingerprint density at radius 1 is 1.05 bits per heavy atom. The van der Waals surface area contributed by atoms with Gasteiger partial charge in [0, 0.05) is 5.39 Å². The van der Waals surface area contributed by atoms with Crippen molar-refractivity contribution in [3.05, 3.63) is 41.5 Å². The van der Waals surface area contributed by atoms with Crippen molar-refractivity contribution < 1.29 is 12.9 Å². The quantitative estimate of drug-likeness (QED) is 0.663. The molecular weight excluding hydrogens is 296 g/mol. The summed E-state index contributed by atoms with van der Waals surface area (Å²) in [6, 6.07) is 9.84. The second-order valence-electron chi connectivity index (χ2n) is 5.59. The highest BCUT2D eigenvalue weighted by Crippen LogP contribution is 2.30. The maximum atomic E-state index is 10.9. The molecule has 0 aliphatic heterocycles. The van der Waals surface area contributed by atoms with Gasteiger partial charge in [-0.1, -0.05) is 44.9 Å². The van der Waals surface area contributed by atoms with E-state index < -0.39 is 11.4 Å². The van der Waals surface area contributed by atoms with E-state index in [-0.39, 0.29) is 0 Å². The Hall–Kier alpha value is -1.39. The lowest BCUT2D eigenvalue weighted by Crippen LogP contribution is -2.00. The summed E-state index contributed by atoms with van der Waals surface area (Å²) in [6.45, 7) is 4.38. The maximum absolute atomic E-state index is 10.9. The first kappa shape index (κ1) is 17.0. The standard InChI is InChI=1S/C18H24O3S/c1-3-5-8-14-12-16-10-7-11-18(21-22(19)20)17(16)13-15(14)9-6-4-2/h7,10-13H,3-6,8-9H2,1-2H3,(H,19,20)/p-1. The minimum Gasteiger partial charge on any atom is -0.740 e. The Balaban J connectivity index is 2.47. The second-order valence-corrected chi connectivity index (χ2v) is 6.17. The first-order valence-electron chi connectivity index (χ1n) is 7.97. The van der Waals surface area contributed by atoms with Crippen LogP contribution >= 0.6 is 0 Å². The molecule has 0 spiro atoms. The lowest BCUT2D eigenvalue weighted by molar-refractivity contribution is 0.442. The number of benzene rings is 2. The van der Waals surface area contributed by atoms with Crippen molar-refractivity contribution in [1.82, 2.24) is 0 Å². The molecule has 1 unspecified atom stereocenters. The molecule has 0 aliphatic rings. The Bertz CT molecular complexity index is 652. The number of rotatable bonds is 8. The van der Waals surface area contributed by atoms with E-state index in [0.29, 0.717) is 5.75 Å². The number of hydrogen-bond donors (Lipinski definition) is 0. The average Bonchev–Trinajstić information content (AvgIpc) is 2.50. The van der Waals surface area contributed by atoms with Crippen molar-refractivity contribution in [3.8, 4) is 5.75 Å². The van der Waals surface area contributed by atoms with Crippen LogP contribution in [0.1, 0.15) is 50.7 Å². The van der Waals surface area contributed by atoms with Gasteiger partial charge in [0.1, 0.15) is 17.1 Å². The molecule has 2 rings (SSSR count). The number of aryl methyl sites for hydroxylation is 2. The largest absolute Gasteiger partial charge is 0.740 e. The van der Waals surface area contributed by atoms with Gasteiger partial charge in [0.25, 0.3) is 0 Å². The van der Waals surface area contributed by atoms with Gasteiger partial charge in [-0.15, -0.1) is 0 Å². The summed E-state index contributed by atoms with van der Waals surface area (Å²) in [5, 5.41) is 1.91. The molecule has 2 aromatic carbocycles. The van der Waals surface area contributed by atoms with Gasteiger partial charge in [0.05, 0.1) is 0 Å². The van der Waals surface area contributed by atoms with Crippen molar-refractivity contribution in [1.29, 1.82) is 0 Å². The highest BCUT2D eigenvalue weighted by Gasteiger charge is 2.09. The molecule has 1 atom stereocenters. The van der Waals surface area contributed by atoms with Crippen molar-refractivity contribution in [2.24, 2.45) is 0 Å². The van der Waals surface area contributed by atoms with Gasteiger partial charge in [0.15, 0.2) is 0 Å². The van der Waals surface area contributed by atoms with Crippen LogP contribution in [-0.4, -0.2) is 8.76 Å². The molecule has 120 valence electrons. The molecule has 0 amide bonds. The van der Waals surface area contributed by atoms with Crippen LogP contribution in [0, 0.1) is 0 Å². The third-order valence-electron chi connectivity index (χ3n) is 3.92. The van der Waals surface area contributed by atoms with Gasteiger partial charge in [-0.25, -0.2) is 4.21 Å². The summed E-state index contributed by atoms with van der Waals surface area (Å²) in [5.41, 5.74) is 2.69. The van der Waals surface area contributed by atoms with E-state index in [2.05, 4.69) is 26.0 Å². The Kier molecular flexibility index (Phi) is 6.40. The predicted octanol–water partition coefficient (Wildman–Crippen LogP) is 4.70. The number of fused-ring (bicyclic) bond motifs is 1. The van der Waals surface area contributed by atoms with E-state index in [1.54, 1.807) is 6.07 Å². The summed E-state index contributed by atoms with van der Waals surface area (Å²) in [6.07, 6.45) is 6.73. The molecule has 0 N–H and O–H groups in total. The zero-order valence-electron chi connectivity index (χ0n) is 13.3. The minimum absolute atomic E-state index is 0.408. The van der Waals surface area contributed by atoms with Crippen LogP contribution in [0.15, 0.2) is 30.3 Å². The van der Waals surface area contributed by atoms with Crippen LogP contribution in [-0.2, 0) is 24.2 Å². The second kappa shape index (κ2) is 8.30. The zero-order chi connectivity index (χ0) is 15.9. The fraction of sp³-hybridized carbons (Fsp3) is 0.444. The van der Waals surface area contributed by atoms with Crippen molar-refractivity contribution >= 4 is 22.1 Å². The van der Waals surface area contributed by atoms with Gasteiger partial charge in [0.2, 0.25) is 0 Å². The van der Waals surface area contributed by atoms with Gasteiger partial charge in [-0.3, -0.25) is 0 Å². The molecule has 0 bridgehead atoms. The first-order valence-corrected chi connectivity index (χ1v) is 8.97. The van der Waals surface area contributed by atoms with Crippen LogP contribution in [0.25, 0.3) is 10.8 Å². The molecule has 0 fully saturated rings. The summed E-state index contributed by atoms with van der Waals surface area (Å²) >= 11 is -2.54. The molecule has 0 aromatic heterocycles. The average molecular weight is 319 g/mol. The van der Waals surface area contributed by atoms with Gasteiger partial charge < -0.3 is 8.74 Å². The van der Waals surface area contributed by atoms with E-state index in [0.717, 1.165) is 36.5 Å². The fourth-order valence-corrected chi connectivity index (χ4v) is 3.03. The minimum atomic E-state index is -2.54. The molecule has 0 heterocycles.